The summed E-state index contributed by atoms with van der Waals surface area (Å²) in [6, 6.07) is 1.63. The predicted molar refractivity (Wildman–Crippen MR) is 56.9 cm³/mol. The fraction of sp³-hybridized carbons (Fsp3) is 0.125. The van der Waals surface area contributed by atoms with Crippen LogP contribution in [0.25, 0.3) is 0 Å². The number of anilines is 2. The lowest BCUT2D eigenvalue weighted by atomic mass is 10.4. The largest absolute Gasteiger partial charge is 0.378 e. The molecule has 0 aliphatic rings. The van der Waals surface area contributed by atoms with Gasteiger partial charge in [0.1, 0.15) is 18.3 Å². The minimum absolute atomic E-state index is 0.0468. The topological polar surface area (TPSA) is 133 Å². The molecular weight excluding hydrogens is 228 g/mol. The van der Waals surface area contributed by atoms with Crippen LogP contribution in [0.5, 0.6) is 0 Å². The molecule has 2 aromatic heterocycles. The highest BCUT2D eigenvalue weighted by Crippen LogP contribution is 2.26. The van der Waals surface area contributed by atoms with Crippen molar-refractivity contribution in [2.24, 2.45) is 0 Å². The van der Waals surface area contributed by atoms with E-state index in [9.17, 15) is 10.1 Å². The Morgan fingerprint density at radius 1 is 1.53 bits per heavy atom. The first kappa shape index (κ1) is 10.8. The summed E-state index contributed by atoms with van der Waals surface area (Å²) in [6.07, 6.45) is 2.55. The van der Waals surface area contributed by atoms with Crippen LogP contribution in [0.1, 0.15) is 5.69 Å². The molecule has 0 fully saturated rings. The molecule has 0 aliphatic carbocycles. The highest BCUT2D eigenvalue weighted by atomic mass is 16.6. The van der Waals surface area contributed by atoms with Crippen molar-refractivity contribution in [2.45, 2.75) is 6.54 Å². The van der Waals surface area contributed by atoms with Crippen LogP contribution in [0, 0.1) is 10.1 Å². The van der Waals surface area contributed by atoms with E-state index >= 15 is 0 Å². The number of nitrogen functional groups attached to an aromatic ring is 1. The molecule has 0 amide bonds. The smallest absolute Gasteiger partial charge is 0.352 e. The highest BCUT2D eigenvalue weighted by Gasteiger charge is 2.20. The molecular formula is C8H8N6O3. The maximum absolute atomic E-state index is 10.8. The van der Waals surface area contributed by atoms with Crippen molar-refractivity contribution in [3.05, 3.63) is 34.5 Å². The van der Waals surface area contributed by atoms with Gasteiger partial charge in [-0.2, -0.15) is 0 Å². The average molecular weight is 236 g/mol. The molecule has 2 heterocycles. The van der Waals surface area contributed by atoms with Crippen LogP contribution in [0.4, 0.5) is 17.3 Å². The fourth-order valence-corrected chi connectivity index (χ4v) is 1.20. The average Bonchev–Trinajstić information content (AvgIpc) is 2.78. The Morgan fingerprint density at radius 2 is 2.35 bits per heavy atom. The van der Waals surface area contributed by atoms with Crippen molar-refractivity contribution < 1.29 is 9.45 Å². The zero-order valence-corrected chi connectivity index (χ0v) is 8.53. The Morgan fingerprint density at radius 3 is 3.00 bits per heavy atom. The molecule has 0 spiro atoms. The predicted octanol–water partition coefficient (Wildman–Crippen LogP) is 0.567. The Bertz CT molecular complexity index is 526. The van der Waals surface area contributed by atoms with Crippen LogP contribution in [0.15, 0.2) is 23.2 Å². The number of nitro groups is 1. The second kappa shape index (κ2) is 4.43. The molecule has 0 atom stereocenters. The van der Waals surface area contributed by atoms with Gasteiger partial charge in [-0.1, -0.05) is 5.16 Å². The van der Waals surface area contributed by atoms with Gasteiger partial charge < -0.3 is 15.6 Å². The second-order valence-corrected chi connectivity index (χ2v) is 3.06. The van der Waals surface area contributed by atoms with E-state index in [2.05, 4.69) is 25.0 Å². The van der Waals surface area contributed by atoms with Crippen molar-refractivity contribution >= 4 is 17.3 Å². The quantitative estimate of drug-likeness (QED) is 0.581. The number of hydrogen-bond acceptors (Lipinski definition) is 8. The van der Waals surface area contributed by atoms with E-state index in [1.54, 1.807) is 6.07 Å². The molecule has 17 heavy (non-hydrogen) atoms. The van der Waals surface area contributed by atoms with Crippen molar-refractivity contribution in [3.8, 4) is 0 Å². The Kier molecular flexibility index (Phi) is 2.81. The summed E-state index contributed by atoms with van der Waals surface area (Å²) in [6.45, 7) is 0.244. The number of aromatic nitrogens is 3. The maximum Gasteiger partial charge on any atom is 0.352 e. The van der Waals surface area contributed by atoms with Crippen molar-refractivity contribution in [1.29, 1.82) is 0 Å². The molecule has 2 rings (SSSR count). The SMILES string of the molecule is Nc1ncnc(NCc2ccon2)c1[N+](=O)[O-]. The summed E-state index contributed by atoms with van der Waals surface area (Å²) in [5.41, 5.74) is 5.65. The van der Waals surface area contributed by atoms with Gasteiger partial charge in [-0.25, -0.2) is 9.97 Å². The molecule has 0 unspecified atom stereocenters. The van der Waals surface area contributed by atoms with Gasteiger partial charge in [0, 0.05) is 6.07 Å². The van der Waals surface area contributed by atoms with Gasteiger partial charge in [0.15, 0.2) is 0 Å². The van der Waals surface area contributed by atoms with Gasteiger partial charge in [0.05, 0.1) is 11.5 Å². The van der Waals surface area contributed by atoms with E-state index in [0.29, 0.717) is 5.69 Å². The summed E-state index contributed by atoms with van der Waals surface area (Å²) in [7, 11) is 0. The number of nitrogens with one attached hydrogen (secondary N) is 1. The standard InChI is InChI=1S/C8H8N6O3/c9-7-6(14(15)16)8(12-4-11-7)10-3-5-1-2-17-13-5/h1-2,4H,3H2,(H3,9,10,11,12). The first-order valence-electron chi connectivity index (χ1n) is 4.56. The number of nitrogens with two attached hydrogens (primary N) is 1. The Labute approximate surface area is 94.8 Å². The molecule has 0 aromatic carbocycles. The van der Waals surface area contributed by atoms with E-state index < -0.39 is 4.92 Å². The van der Waals surface area contributed by atoms with Crippen LogP contribution in [-0.2, 0) is 6.54 Å². The third-order valence-electron chi connectivity index (χ3n) is 1.96. The Hall–Kier alpha value is -2.71. The summed E-state index contributed by atoms with van der Waals surface area (Å²) in [5.74, 6) is -0.141. The van der Waals surface area contributed by atoms with Crippen LogP contribution in [0.3, 0.4) is 0 Å². The zero-order chi connectivity index (χ0) is 12.3. The van der Waals surface area contributed by atoms with E-state index in [4.69, 9.17) is 5.73 Å². The summed E-state index contributed by atoms with van der Waals surface area (Å²) >= 11 is 0. The van der Waals surface area contributed by atoms with Crippen molar-refractivity contribution in [3.63, 3.8) is 0 Å². The monoisotopic (exact) mass is 236 g/mol. The van der Waals surface area contributed by atoms with E-state index in [1.807, 2.05) is 0 Å². The van der Waals surface area contributed by atoms with Crippen molar-refractivity contribution in [2.75, 3.05) is 11.1 Å². The fourth-order valence-electron chi connectivity index (χ4n) is 1.20. The normalized spacial score (nSPS) is 10.1. The van der Waals surface area contributed by atoms with Gasteiger partial charge in [0.25, 0.3) is 0 Å². The van der Waals surface area contributed by atoms with Crippen LogP contribution >= 0.6 is 0 Å². The third-order valence-corrected chi connectivity index (χ3v) is 1.96. The van der Waals surface area contributed by atoms with Crippen LogP contribution in [0.2, 0.25) is 0 Å². The van der Waals surface area contributed by atoms with Gasteiger partial charge >= 0.3 is 5.69 Å². The molecule has 9 heteroatoms. The third kappa shape index (κ3) is 2.27. The summed E-state index contributed by atoms with van der Waals surface area (Å²) in [4.78, 5) is 17.5. The molecule has 0 bridgehead atoms. The van der Waals surface area contributed by atoms with E-state index in [0.717, 1.165) is 6.33 Å². The van der Waals surface area contributed by atoms with Crippen molar-refractivity contribution in [1.82, 2.24) is 15.1 Å². The van der Waals surface area contributed by atoms with E-state index in [1.165, 1.54) is 6.26 Å². The molecule has 3 N–H and O–H groups in total. The lowest BCUT2D eigenvalue weighted by Crippen LogP contribution is -2.08. The summed E-state index contributed by atoms with van der Waals surface area (Å²) < 4.78 is 4.62. The first-order valence-corrected chi connectivity index (χ1v) is 4.56. The molecule has 88 valence electrons. The molecule has 9 nitrogen and oxygen atoms in total. The lowest BCUT2D eigenvalue weighted by molar-refractivity contribution is -0.383. The van der Waals surface area contributed by atoms with Gasteiger partial charge in [0.2, 0.25) is 11.6 Å². The molecule has 2 aromatic rings. The minimum Gasteiger partial charge on any atom is -0.378 e. The number of hydrogen-bond donors (Lipinski definition) is 2. The summed E-state index contributed by atoms with van der Waals surface area (Å²) in [5, 5.41) is 17.2. The number of rotatable bonds is 4. The number of nitrogens with zero attached hydrogens (tertiary/aromatic N) is 4. The molecule has 0 saturated carbocycles. The van der Waals surface area contributed by atoms with Crippen LogP contribution < -0.4 is 11.1 Å². The van der Waals surface area contributed by atoms with Gasteiger partial charge in [-0.05, 0) is 0 Å². The Balaban J connectivity index is 2.21. The first-order chi connectivity index (χ1) is 8.18. The second-order valence-electron chi connectivity index (χ2n) is 3.06. The molecule has 0 radical (unpaired) electrons. The molecule has 0 saturated heterocycles. The maximum atomic E-state index is 10.8. The van der Waals surface area contributed by atoms with Gasteiger partial charge in [-0.15, -0.1) is 0 Å². The highest BCUT2D eigenvalue weighted by molar-refractivity contribution is 5.67. The molecule has 0 aliphatic heterocycles. The lowest BCUT2D eigenvalue weighted by Gasteiger charge is -2.04. The van der Waals surface area contributed by atoms with E-state index in [-0.39, 0.29) is 23.9 Å². The van der Waals surface area contributed by atoms with Crippen LogP contribution in [-0.4, -0.2) is 20.0 Å². The zero-order valence-electron chi connectivity index (χ0n) is 8.53. The minimum atomic E-state index is -0.638. The van der Waals surface area contributed by atoms with Gasteiger partial charge in [-0.3, -0.25) is 10.1 Å².